The van der Waals surface area contributed by atoms with Crippen LogP contribution in [-0.4, -0.2) is 37.1 Å². The first-order chi connectivity index (χ1) is 27.7. The Morgan fingerprint density at radius 1 is 0.429 bits per heavy atom. The Morgan fingerprint density at radius 3 is 1.34 bits per heavy atom. The van der Waals surface area contributed by atoms with Crippen LogP contribution in [0.3, 0.4) is 0 Å². The smallest absolute Gasteiger partial charge is 0.123 e. The molecule has 0 spiro atoms. The Bertz CT molecular complexity index is 2000. The van der Waals surface area contributed by atoms with Gasteiger partial charge in [0.25, 0.3) is 0 Å². The summed E-state index contributed by atoms with van der Waals surface area (Å²) in [5.74, 6) is 0.817. The Labute approximate surface area is 339 Å². The zero-order valence-electron chi connectivity index (χ0n) is 31.5. The summed E-state index contributed by atoms with van der Waals surface area (Å²) in [6.45, 7) is 2.37. The predicted octanol–water partition coefficient (Wildman–Crippen LogP) is 10.4. The molecule has 0 amide bonds. The average Bonchev–Trinajstić information content (AvgIpc) is 3.26. The fourth-order valence-corrected chi connectivity index (χ4v) is 7.33. The van der Waals surface area contributed by atoms with E-state index in [2.05, 4.69) is 94.8 Å². The van der Waals surface area contributed by atoms with E-state index in [0.717, 1.165) is 44.7 Å². The minimum Gasteiger partial charge on any atom is -0.489 e. The van der Waals surface area contributed by atoms with E-state index < -0.39 is 30.5 Å². The number of ether oxygens (including phenoxy) is 6. The Balaban J connectivity index is 1.23. The molecule has 0 saturated carbocycles. The van der Waals surface area contributed by atoms with Gasteiger partial charge in [-0.15, -0.1) is 0 Å². The number of hydrogen-bond acceptors (Lipinski definition) is 6. The fraction of sp³-hybridized carbons (Fsp3) is 0.265. The van der Waals surface area contributed by atoms with Crippen molar-refractivity contribution in [1.29, 1.82) is 0 Å². The van der Waals surface area contributed by atoms with Crippen molar-refractivity contribution < 1.29 is 28.4 Å². The maximum absolute atomic E-state index is 7.17. The van der Waals surface area contributed by atoms with Crippen molar-refractivity contribution >= 4 is 15.9 Å². The van der Waals surface area contributed by atoms with Gasteiger partial charge in [-0.2, -0.15) is 0 Å². The van der Waals surface area contributed by atoms with E-state index in [4.69, 9.17) is 28.4 Å². The first kappa shape index (κ1) is 39.6. The van der Waals surface area contributed by atoms with E-state index in [9.17, 15) is 0 Å². The van der Waals surface area contributed by atoms with Crippen LogP contribution in [-0.2, 0) is 68.5 Å². The zero-order chi connectivity index (χ0) is 38.2. The van der Waals surface area contributed by atoms with Gasteiger partial charge in [0.2, 0.25) is 0 Å². The lowest BCUT2D eigenvalue weighted by Crippen LogP contribution is -2.61. The van der Waals surface area contributed by atoms with E-state index in [1.54, 1.807) is 0 Å². The van der Waals surface area contributed by atoms with Crippen LogP contribution in [0.2, 0.25) is 0 Å². The normalized spacial score (nSPS) is 19.4. The molecule has 1 aliphatic rings. The highest BCUT2D eigenvalue weighted by atomic mass is 79.9. The molecular formula is C49H49BrO6. The van der Waals surface area contributed by atoms with Crippen LogP contribution in [0.25, 0.3) is 0 Å². The van der Waals surface area contributed by atoms with Gasteiger partial charge in [0, 0.05) is 11.8 Å². The highest BCUT2D eigenvalue weighted by Crippen LogP contribution is 2.35. The minimum atomic E-state index is -0.503. The van der Waals surface area contributed by atoms with Crippen molar-refractivity contribution in [3.05, 3.63) is 209 Å². The summed E-state index contributed by atoms with van der Waals surface area (Å²) in [5.41, 5.74) is 7.55. The van der Waals surface area contributed by atoms with Crippen LogP contribution in [0, 0.1) is 0 Å². The second-order valence-electron chi connectivity index (χ2n) is 14.1. The lowest BCUT2D eigenvalue weighted by molar-refractivity contribution is -0.272. The van der Waals surface area contributed by atoms with Gasteiger partial charge in [-0.1, -0.05) is 180 Å². The van der Waals surface area contributed by atoms with Crippen LogP contribution < -0.4 is 4.74 Å². The van der Waals surface area contributed by atoms with Crippen molar-refractivity contribution in [2.75, 3.05) is 6.61 Å². The molecule has 6 nitrogen and oxygen atoms in total. The van der Waals surface area contributed by atoms with Crippen LogP contribution >= 0.6 is 15.9 Å². The largest absolute Gasteiger partial charge is 0.489 e. The number of hydrogen-bond donors (Lipinski definition) is 0. The third-order valence-corrected chi connectivity index (χ3v) is 10.6. The van der Waals surface area contributed by atoms with Gasteiger partial charge in [0.15, 0.2) is 0 Å². The lowest BCUT2D eigenvalue weighted by atomic mass is 9.90. The summed E-state index contributed by atoms with van der Waals surface area (Å²) < 4.78 is 41.0. The maximum Gasteiger partial charge on any atom is 0.123 e. The monoisotopic (exact) mass is 812 g/mol. The van der Waals surface area contributed by atoms with Gasteiger partial charge in [-0.25, -0.2) is 0 Å². The van der Waals surface area contributed by atoms with E-state index in [0.29, 0.717) is 51.4 Å². The van der Waals surface area contributed by atoms with Gasteiger partial charge in [-0.05, 0) is 45.0 Å². The van der Waals surface area contributed by atoms with Crippen LogP contribution in [0.1, 0.15) is 38.9 Å². The molecule has 6 aromatic rings. The molecule has 7 heteroatoms. The van der Waals surface area contributed by atoms with Gasteiger partial charge < -0.3 is 28.4 Å². The van der Waals surface area contributed by atoms with E-state index >= 15 is 0 Å². The topological polar surface area (TPSA) is 55.4 Å². The summed E-state index contributed by atoms with van der Waals surface area (Å²) in [6.07, 6.45) is -1.85. The Hall–Kier alpha value is -4.60. The van der Waals surface area contributed by atoms with Gasteiger partial charge in [-0.3, -0.25) is 0 Å². The number of rotatable bonds is 19. The van der Waals surface area contributed by atoms with Crippen LogP contribution in [0.4, 0.5) is 0 Å². The highest BCUT2D eigenvalue weighted by molar-refractivity contribution is 9.08. The van der Waals surface area contributed by atoms with Crippen molar-refractivity contribution in [2.24, 2.45) is 0 Å². The molecule has 1 heterocycles. The first-order valence-electron chi connectivity index (χ1n) is 19.3. The molecule has 0 radical (unpaired) electrons. The molecule has 1 saturated heterocycles. The van der Waals surface area contributed by atoms with E-state index in [1.807, 2.05) is 91.0 Å². The summed E-state index contributed by atoms with van der Waals surface area (Å²) in [7, 11) is 0. The van der Waals surface area contributed by atoms with E-state index in [-0.39, 0.29) is 0 Å². The van der Waals surface area contributed by atoms with Crippen molar-refractivity contribution in [2.45, 2.75) is 75.3 Å². The molecule has 0 aliphatic carbocycles. The summed E-state index contributed by atoms with van der Waals surface area (Å²) in [6, 6.07) is 57.6. The number of benzene rings is 6. The fourth-order valence-electron chi connectivity index (χ4n) is 6.99. The molecule has 0 N–H and O–H groups in total. The quantitative estimate of drug-likeness (QED) is 0.0760. The molecule has 0 unspecified atom stereocenters. The molecule has 7 rings (SSSR count). The van der Waals surface area contributed by atoms with Gasteiger partial charge in [0.1, 0.15) is 36.8 Å². The Kier molecular flexibility index (Phi) is 14.9. The third-order valence-electron chi connectivity index (χ3n) is 9.92. The van der Waals surface area contributed by atoms with Crippen molar-refractivity contribution in [3.8, 4) is 5.75 Å². The summed E-state index contributed by atoms with van der Waals surface area (Å²) in [4.78, 5) is 0. The number of halogens is 1. The van der Waals surface area contributed by atoms with Gasteiger partial charge >= 0.3 is 0 Å². The molecule has 6 aromatic carbocycles. The molecule has 5 atom stereocenters. The predicted molar refractivity (Wildman–Crippen MR) is 223 cm³/mol. The standard InChI is InChI=1S/C49H49BrO6/c50-30-42-26-27-43(44(28-42)52-32-38-18-8-2-9-19-38)29-45-47(53-33-39-20-10-3-11-21-39)49(55-35-41-24-14-5-15-25-41)48(54-34-40-22-12-4-13-23-40)46(56-45)36-51-31-37-16-6-1-7-17-37/h1-28,45-49H,29-36H2/t45-,46-,47+,48-,49-/m1/s1. The highest BCUT2D eigenvalue weighted by Gasteiger charge is 2.48. The number of alkyl halides is 1. The van der Waals surface area contributed by atoms with Crippen LogP contribution in [0.5, 0.6) is 5.75 Å². The molecule has 1 fully saturated rings. The molecule has 288 valence electrons. The zero-order valence-corrected chi connectivity index (χ0v) is 33.1. The first-order valence-corrected chi connectivity index (χ1v) is 20.4. The average molecular weight is 814 g/mol. The van der Waals surface area contributed by atoms with Crippen LogP contribution in [0.15, 0.2) is 170 Å². The second kappa shape index (κ2) is 21.1. The SMILES string of the molecule is BrCc1ccc(C[C@H]2O[C@H](COCc3ccccc3)[C@@H](OCc3ccccc3)[C@H](OCc3ccccc3)[C@H]2OCc2ccccc2)c(OCc2ccccc2)c1. The molecule has 1 aliphatic heterocycles. The van der Waals surface area contributed by atoms with Gasteiger partial charge in [0.05, 0.1) is 39.1 Å². The third kappa shape index (κ3) is 11.5. The molecule has 0 aromatic heterocycles. The summed E-state index contributed by atoms with van der Waals surface area (Å²) in [5, 5.41) is 0.717. The second-order valence-corrected chi connectivity index (χ2v) is 14.6. The summed E-state index contributed by atoms with van der Waals surface area (Å²) >= 11 is 3.65. The van der Waals surface area contributed by atoms with Crippen molar-refractivity contribution in [3.63, 3.8) is 0 Å². The lowest BCUT2D eigenvalue weighted by Gasteiger charge is -2.46. The Morgan fingerprint density at radius 2 is 0.857 bits per heavy atom. The van der Waals surface area contributed by atoms with Crippen molar-refractivity contribution in [1.82, 2.24) is 0 Å². The maximum atomic E-state index is 7.17. The molecule has 56 heavy (non-hydrogen) atoms. The molecular weight excluding hydrogens is 764 g/mol. The van der Waals surface area contributed by atoms with E-state index in [1.165, 1.54) is 0 Å². The minimum absolute atomic E-state index is 0.307. The molecule has 0 bridgehead atoms.